The summed E-state index contributed by atoms with van der Waals surface area (Å²) in [6, 6.07) is 5.88. The normalized spacial score (nSPS) is 16.1. The number of Topliss-reactive ketones (excluding diaryl/α,β-unsaturated/α-hetero) is 1. The molecule has 8 heteroatoms. The maximum absolute atomic E-state index is 13.6. The van der Waals surface area contributed by atoms with Gasteiger partial charge in [-0.2, -0.15) is 0 Å². The lowest BCUT2D eigenvalue weighted by Gasteiger charge is -2.23. The zero-order valence-electron chi connectivity index (χ0n) is 14.9. The van der Waals surface area contributed by atoms with Gasteiger partial charge in [-0.05, 0) is 54.6 Å². The van der Waals surface area contributed by atoms with Crippen LogP contribution in [0, 0.1) is 11.6 Å². The molecule has 0 saturated carbocycles. The zero-order valence-corrected chi connectivity index (χ0v) is 15.7. The number of ether oxygens (including phenoxy) is 1. The molecule has 1 atom stereocenters. The van der Waals surface area contributed by atoms with Crippen LogP contribution in [-0.2, 0) is 4.74 Å². The van der Waals surface area contributed by atoms with Crippen LogP contribution < -0.4 is 5.32 Å². The second-order valence-electron chi connectivity index (χ2n) is 6.58. The third-order valence-corrected chi connectivity index (χ3v) is 5.74. The summed E-state index contributed by atoms with van der Waals surface area (Å²) in [4.78, 5) is 14.3. The fourth-order valence-corrected chi connectivity index (χ4v) is 4.23. The first-order valence-corrected chi connectivity index (χ1v) is 9.72. The second-order valence-corrected chi connectivity index (χ2v) is 7.41. The molecule has 0 bridgehead atoms. The SMILES string of the molecule is O=C(c1cnsc1C1CCOCC1)C(Nc1ccc(F)c(F)c1)c1ccco1. The van der Waals surface area contributed by atoms with Crippen molar-refractivity contribution in [3.8, 4) is 0 Å². The maximum Gasteiger partial charge on any atom is 0.195 e. The van der Waals surface area contributed by atoms with Gasteiger partial charge < -0.3 is 14.5 Å². The Morgan fingerprint density at radius 1 is 1.21 bits per heavy atom. The molecule has 1 fully saturated rings. The highest BCUT2D eigenvalue weighted by Gasteiger charge is 2.31. The van der Waals surface area contributed by atoms with Crippen molar-refractivity contribution in [3.63, 3.8) is 0 Å². The fourth-order valence-electron chi connectivity index (χ4n) is 3.32. The number of nitrogens with zero attached hydrogens (tertiary/aromatic N) is 1. The monoisotopic (exact) mass is 404 g/mol. The molecule has 3 aromatic rings. The van der Waals surface area contributed by atoms with E-state index < -0.39 is 17.7 Å². The van der Waals surface area contributed by atoms with E-state index >= 15 is 0 Å². The summed E-state index contributed by atoms with van der Waals surface area (Å²) in [6.45, 7) is 1.32. The topological polar surface area (TPSA) is 64.4 Å². The molecule has 4 rings (SSSR count). The minimum Gasteiger partial charge on any atom is -0.467 e. The Morgan fingerprint density at radius 3 is 2.75 bits per heavy atom. The van der Waals surface area contributed by atoms with Gasteiger partial charge in [0.1, 0.15) is 11.8 Å². The van der Waals surface area contributed by atoms with E-state index in [1.165, 1.54) is 23.9 Å². The molecule has 0 amide bonds. The maximum atomic E-state index is 13.6. The van der Waals surface area contributed by atoms with E-state index in [1.807, 2.05) is 0 Å². The molecule has 1 aliphatic heterocycles. The van der Waals surface area contributed by atoms with Gasteiger partial charge in [-0.3, -0.25) is 4.79 Å². The van der Waals surface area contributed by atoms with Gasteiger partial charge in [0.05, 0.1) is 18.0 Å². The Bertz CT molecular complexity index is 952. The average molecular weight is 404 g/mol. The molecule has 0 aliphatic carbocycles. The molecule has 1 N–H and O–H groups in total. The Morgan fingerprint density at radius 2 is 2.04 bits per heavy atom. The summed E-state index contributed by atoms with van der Waals surface area (Å²) >= 11 is 1.32. The molecule has 146 valence electrons. The molecule has 1 saturated heterocycles. The standard InChI is InChI=1S/C20H18F2N2O3S/c21-15-4-3-13(10-16(15)22)24-18(17-2-1-7-27-17)19(25)14-11-23-28-20(14)12-5-8-26-9-6-12/h1-4,7,10-12,18,24H,5-6,8-9H2. The van der Waals surface area contributed by atoms with Crippen molar-refractivity contribution < 1.29 is 22.7 Å². The number of aromatic nitrogens is 1. The minimum absolute atomic E-state index is 0.223. The van der Waals surface area contributed by atoms with Gasteiger partial charge in [-0.25, -0.2) is 13.2 Å². The van der Waals surface area contributed by atoms with E-state index in [0.717, 1.165) is 29.9 Å². The van der Waals surface area contributed by atoms with Gasteiger partial charge in [-0.15, -0.1) is 0 Å². The number of halogens is 2. The molecule has 0 spiro atoms. The molecule has 1 aromatic carbocycles. The van der Waals surface area contributed by atoms with Gasteiger partial charge in [0.2, 0.25) is 0 Å². The predicted molar refractivity (Wildman–Crippen MR) is 101 cm³/mol. The van der Waals surface area contributed by atoms with E-state index in [4.69, 9.17) is 9.15 Å². The zero-order chi connectivity index (χ0) is 19.5. The summed E-state index contributed by atoms with van der Waals surface area (Å²) in [6.07, 6.45) is 4.71. The van der Waals surface area contributed by atoms with Crippen molar-refractivity contribution >= 4 is 23.0 Å². The number of ketones is 1. The lowest BCUT2D eigenvalue weighted by molar-refractivity contribution is 0.0849. The van der Waals surface area contributed by atoms with Crippen molar-refractivity contribution in [1.29, 1.82) is 0 Å². The van der Waals surface area contributed by atoms with Crippen molar-refractivity contribution in [2.75, 3.05) is 18.5 Å². The number of anilines is 1. The van der Waals surface area contributed by atoms with E-state index in [1.54, 1.807) is 18.3 Å². The van der Waals surface area contributed by atoms with E-state index in [9.17, 15) is 13.6 Å². The first kappa shape index (κ1) is 18.8. The summed E-state index contributed by atoms with van der Waals surface area (Å²) in [5.41, 5.74) is 0.804. The Labute approximate surface area is 164 Å². The number of furan rings is 1. The number of carbonyl (C=O) groups excluding carboxylic acids is 1. The van der Waals surface area contributed by atoms with Gasteiger partial charge in [0, 0.05) is 29.8 Å². The number of rotatable bonds is 6. The third kappa shape index (κ3) is 3.83. The molecule has 2 aromatic heterocycles. The first-order valence-electron chi connectivity index (χ1n) is 8.95. The van der Waals surface area contributed by atoms with Gasteiger partial charge in [-0.1, -0.05) is 0 Å². The van der Waals surface area contributed by atoms with E-state index in [2.05, 4.69) is 9.69 Å². The Hall–Kier alpha value is -2.58. The number of nitrogens with one attached hydrogen (secondary N) is 1. The van der Waals surface area contributed by atoms with Gasteiger partial charge in [0.25, 0.3) is 0 Å². The predicted octanol–water partition coefficient (Wildman–Crippen LogP) is 4.94. The number of hydrogen-bond acceptors (Lipinski definition) is 6. The van der Waals surface area contributed by atoms with E-state index in [0.29, 0.717) is 24.5 Å². The number of carbonyl (C=O) groups is 1. The molecule has 1 aliphatic rings. The molecule has 3 heterocycles. The molecule has 28 heavy (non-hydrogen) atoms. The van der Waals surface area contributed by atoms with Crippen LogP contribution in [0.25, 0.3) is 0 Å². The third-order valence-electron chi connectivity index (χ3n) is 4.78. The summed E-state index contributed by atoms with van der Waals surface area (Å²) in [5.74, 6) is -1.56. The van der Waals surface area contributed by atoms with Crippen LogP contribution in [0.2, 0.25) is 0 Å². The van der Waals surface area contributed by atoms with Gasteiger partial charge in [0.15, 0.2) is 17.4 Å². The van der Waals surface area contributed by atoms with Crippen LogP contribution in [-0.4, -0.2) is 23.4 Å². The quantitative estimate of drug-likeness (QED) is 0.589. The first-order chi connectivity index (χ1) is 13.6. The summed E-state index contributed by atoms with van der Waals surface area (Å²) < 4.78 is 41.9. The van der Waals surface area contributed by atoms with Crippen molar-refractivity contribution in [2.24, 2.45) is 0 Å². The highest BCUT2D eigenvalue weighted by atomic mass is 32.1. The van der Waals surface area contributed by atoms with Crippen LogP contribution in [0.1, 0.15) is 45.8 Å². The van der Waals surface area contributed by atoms with Gasteiger partial charge >= 0.3 is 0 Å². The number of hydrogen-bond donors (Lipinski definition) is 1. The number of benzene rings is 1. The van der Waals surface area contributed by atoms with Crippen LogP contribution in [0.5, 0.6) is 0 Å². The summed E-state index contributed by atoms with van der Waals surface area (Å²) in [7, 11) is 0. The van der Waals surface area contributed by atoms with Crippen LogP contribution in [0.3, 0.4) is 0 Å². The van der Waals surface area contributed by atoms with Crippen molar-refractivity contribution in [2.45, 2.75) is 24.8 Å². The second kappa shape index (κ2) is 8.20. The lowest BCUT2D eigenvalue weighted by Crippen LogP contribution is -2.23. The van der Waals surface area contributed by atoms with Crippen molar-refractivity contribution in [3.05, 3.63) is 70.6 Å². The molecule has 1 unspecified atom stereocenters. The van der Waals surface area contributed by atoms with E-state index in [-0.39, 0.29) is 17.4 Å². The molecular weight excluding hydrogens is 386 g/mol. The minimum atomic E-state index is -0.990. The highest BCUT2D eigenvalue weighted by Crippen LogP contribution is 2.35. The Kier molecular flexibility index (Phi) is 5.50. The molecule has 0 radical (unpaired) electrons. The lowest BCUT2D eigenvalue weighted by atomic mass is 9.92. The van der Waals surface area contributed by atoms with Crippen molar-refractivity contribution in [1.82, 2.24) is 4.37 Å². The van der Waals surface area contributed by atoms with Crippen LogP contribution in [0.15, 0.2) is 47.2 Å². The average Bonchev–Trinajstić information content (AvgIpc) is 3.41. The fraction of sp³-hybridized carbons (Fsp3) is 0.300. The summed E-state index contributed by atoms with van der Waals surface area (Å²) in [5, 5.41) is 2.97. The molecule has 5 nitrogen and oxygen atoms in total. The molecular formula is C20H18F2N2O3S. The largest absolute Gasteiger partial charge is 0.467 e. The van der Waals surface area contributed by atoms with Crippen LogP contribution >= 0.6 is 11.5 Å². The van der Waals surface area contributed by atoms with Crippen LogP contribution in [0.4, 0.5) is 14.5 Å². The smallest absolute Gasteiger partial charge is 0.195 e. The highest BCUT2D eigenvalue weighted by molar-refractivity contribution is 7.06. The Balaban J connectivity index is 1.65.